The van der Waals surface area contributed by atoms with E-state index in [1.165, 1.54) is 5.56 Å². The number of benzene rings is 2. The van der Waals surface area contributed by atoms with Crippen molar-refractivity contribution >= 4 is 18.2 Å². The highest BCUT2D eigenvalue weighted by Gasteiger charge is 2.21. The fraction of sp³-hybridized carbons (Fsp3) is 0.286. The van der Waals surface area contributed by atoms with E-state index in [9.17, 15) is 14.4 Å². The SMILES string of the molecule is O=Cc1ccccc1OCC(=O)OCC(=O)NC1CCCc2ccccc21. The van der Waals surface area contributed by atoms with E-state index in [0.29, 0.717) is 17.6 Å². The highest BCUT2D eigenvalue weighted by atomic mass is 16.6. The second kappa shape index (κ2) is 8.98. The summed E-state index contributed by atoms with van der Waals surface area (Å²) < 4.78 is 10.2. The van der Waals surface area contributed by atoms with Crippen LogP contribution in [-0.2, 0) is 20.7 Å². The Labute approximate surface area is 157 Å². The minimum absolute atomic E-state index is 0.0585. The molecule has 0 aromatic heterocycles. The molecule has 0 heterocycles. The number of carbonyl (C=O) groups is 3. The van der Waals surface area contributed by atoms with E-state index in [0.717, 1.165) is 24.8 Å². The second-order valence-electron chi connectivity index (χ2n) is 6.32. The van der Waals surface area contributed by atoms with Gasteiger partial charge in [-0.3, -0.25) is 9.59 Å². The van der Waals surface area contributed by atoms with Crippen LogP contribution in [0.2, 0.25) is 0 Å². The monoisotopic (exact) mass is 367 g/mol. The van der Waals surface area contributed by atoms with Gasteiger partial charge in [0.25, 0.3) is 5.91 Å². The van der Waals surface area contributed by atoms with Crippen LogP contribution in [0, 0.1) is 0 Å². The molecule has 1 aliphatic carbocycles. The molecule has 1 N–H and O–H groups in total. The molecule has 2 aromatic rings. The zero-order valence-corrected chi connectivity index (χ0v) is 14.9. The van der Waals surface area contributed by atoms with Gasteiger partial charge in [-0.25, -0.2) is 4.79 Å². The fourth-order valence-corrected chi connectivity index (χ4v) is 3.17. The molecule has 0 spiro atoms. The standard InChI is InChI=1S/C21H21NO5/c23-12-16-7-2-4-11-19(16)26-14-21(25)27-13-20(24)22-18-10-5-8-15-6-1-3-9-17(15)18/h1-4,6-7,9,11-12,18H,5,8,10,13-14H2,(H,22,24). The molecule has 6 nitrogen and oxygen atoms in total. The van der Waals surface area contributed by atoms with Crippen molar-refractivity contribution in [3.05, 3.63) is 65.2 Å². The number of amides is 1. The molecule has 0 saturated carbocycles. The average Bonchev–Trinajstić information content (AvgIpc) is 2.71. The van der Waals surface area contributed by atoms with Crippen molar-refractivity contribution in [2.45, 2.75) is 25.3 Å². The predicted octanol–water partition coefficient (Wildman–Crippen LogP) is 2.61. The van der Waals surface area contributed by atoms with Crippen LogP contribution in [0.1, 0.15) is 40.4 Å². The van der Waals surface area contributed by atoms with Crippen LogP contribution < -0.4 is 10.1 Å². The number of hydrogen-bond donors (Lipinski definition) is 1. The number of rotatable bonds is 7. The molecular weight excluding hydrogens is 346 g/mol. The number of fused-ring (bicyclic) bond motifs is 1. The fourth-order valence-electron chi connectivity index (χ4n) is 3.17. The first-order valence-electron chi connectivity index (χ1n) is 8.87. The summed E-state index contributed by atoms with van der Waals surface area (Å²) in [5, 5.41) is 2.92. The molecule has 0 radical (unpaired) electrons. The number of ether oxygens (including phenoxy) is 2. The smallest absolute Gasteiger partial charge is 0.344 e. The maximum absolute atomic E-state index is 12.1. The zero-order valence-electron chi connectivity index (χ0n) is 14.9. The molecule has 2 aromatic carbocycles. The third-order valence-corrected chi connectivity index (χ3v) is 4.46. The number of para-hydroxylation sites is 1. The van der Waals surface area contributed by atoms with Gasteiger partial charge >= 0.3 is 5.97 Å². The summed E-state index contributed by atoms with van der Waals surface area (Å²) in [7, 11) is 0. The molecule has 1 unspecified atom stereocenters. The van der Waals surface area contributed by atoms with Gasteiger partial charge in [0.2, 0.25) is 0 Å². The van der Waals surface area contributed by atoms with Gasteiger partial charge in [-0.2, -0.15) is 0 Å². The lowest BCUT2D eigenvalue weighted by atomic mass is 9.88. The van der Waals surface area contributed by atoms with Gasteiger partial charge < -0.3 is 14.8 Å². The molecule has 1 amide bonds. The molecule has 0 fully saturated rings. The van der Waals surface area contributed by atoms with Gasteiger partial charge in [-0.05, 0) is 42.5 Å². The van der Waals surface area contributed by atoms with E-state index < -0.39 is 5.97 Å². The Balaban J connectivity index is 1.45. The Hall–Kier alpha value is -3.15. The van der Waals surface area contributed by atoms with Crippen molar-refractivity contribution in [1.29, 1.82) is 0 Å². The van der Waals surface area contributed by atoms with Crippen LogP contribution >= 0.6 is 0 Å². The molecule has 27 heavy (non-hydrogen) atoms. The van der Waals surface area contributed by atoms with Crippen LogP contribution in [0.15, 0.2) is 48.5 Å². The lowest BCUT2D eigenvalue weighted by Crippen LogP contribution is -2.34. The number of esters is 1. The summed E-state index contributed by atoms with van der Waals surface area (Å²) in [5.41, 5.74) is 2.71. The van der Waals surface area contributed by atoms with Crippen LogP contribution in [0.4, 0.5) is 0 Å². The topological polar surface area (TPSA) is 81.7 Å². The van der Waals surface area contributed by atoms with Crippen LogP contribution in [0.25, 0.3) is 0 Å². The third kappa shape index (κ3) is 4.94. The van der Waals surface area contributed by atoms with Crippen LogP contribution in [0.5, 0.6) is 5.75 Å². The van der Waals surface area contributed by atoms with E-state index in [1.807, 2.05) is 18.2 Å². The van der Waals surface area contributed by atoms with Gasteiger partial charge in [0.05, 0.1) is 11.6 Å². The molecule has 0 saturated heterocycles. The van der Waals surface area contributed by atoms with Gasteiger partial charge in [0, 0.05) is 0 Å². The second-order valence-corrected chi connectivity index (χ2v) is 6.32. The first-order valence-corrected chi connectivity index (χ1v) is 8.87. The Morgan fingerprint density at radius 1 is 1.07 bits per heavy atom. The Kier molecular flexibility index (Phi) is 6.20. The Morgan fingerprint density at radius 2 is 1.85 bits per heavy atom. The quantitative estimate of drug-likeness (QED) is 0.601. The van der Waals surface area contributed by atoms with Gasteiger partial charge in [0.15, 0.2) is 19.5 Å². The van der Waals surface area contributed by atoms with Gasteiger partial charge in [0.1, 0.15) is 5.75 Å². The van der Waals surface area contributed by atoms with Crippen molar-refractivity contribution in [1.82, 2.24) is 5.32 Å². The van der Waals surface area contributed by atoms with Gasteiger partial charge in [-0.1, -0.05) is 36.4 Å². The average molecular weight is 367 g/mol. The lowest BCUT2D eigenvalue weighted by molar-refractivity contribution is -0.150. The summed E-state index contributed by atoms with van der Waals surface area (Å²) in [5.74, 6) is -0.721. The number of aryl methyl sites for hydroxylation is 1. The summed E-state index contributed by atoms with van der Waals surface area (Å²) in [6.45, 7) is -0.736. The Bertz CT molecular complexity index is 833. The molecule has 0 bridgehead atoms. The van der Waals surface area contributed by atoms with Crippen molar-refractivity contribution < 1.29 is 23.9 Å². The number of nitrogens with one attached hydrogen (secondary N) is 1. The molecule has 0 aliphatic heterocycles. The maximum atomic E-state index is 12.1. The van der Waals surface area contributed by atoms with Crippen molar-refractivity contribution in [3.8, 4) is 5.75 Å². The molecule has 1 atom stereocenters. The van der Waals surface area contributed by atoms with Crippen LogP contribution in [-0.4, -0.2) is 31.4 Å². The van der Waals surface area contributed by atoms with Crippen molar-refractivity contribution in [2.24, 2.45) is 0 Å². The first kappa shape index (κ1) is 18.6. The first-order chi connectivity index (χ1) is 13.2. The highest BCUT2D eigenvalue weighted by Crippen LogP contribution is 2.29. The third-order valence-electron chi connectivity index (χ3n) is 4.46. The minimum atomic E-state index is -0.671. The molecular formula is C21H21NO5. The van der Waals surface area contributed by atoms with E-state index in [-0.39, 0.29) is 25.2 Å². The summed E-state index contributed by atoms with van der Waals surface area (Å²) in [6.07, 6.45) is 3.53. The lowest BCUT2D eigenvalue weighted by Gasteiger charge is -2.26. The predicted molar refractivity (Wildman–Crippen MR) is 98.5 cm³/mol. The van der Waals surface area contributed by atoms with E-state index >= 15 is 0 Å². The zero-order chi connectivity index (χ0) is 19.1. The number of aldehydes is 1. The number of carbonyl (C=O) groups excluding carboxylic acids is 3. The van der Waals surface area contributed by atoms with E-state index in [4.69, 9.17) is 9.47 Å². The molecule has 1 aliphatic rings. The van der Waals surface area contributed by atoms with E-state index in [1.54, 1.807) is 24.3 Å². The van der Waals surface area contributed by atoms with E-state index in [2.05, 4.69) is 11.4 Å². The molecule has 3 rings (SSSR count). The minimum Gasteiger partial charge on any atom is -0.481 e. The van der Waals surface area contributed by atoms with Crippen molar-refractivity contribution in [2.75, 3.05) is 13.2 Å². The highest BCUT2D eigenvalue weighted by molar-refractivity contribution is 5.82. The number of hydrogen-bond acceptors (Lipinski definition) is 5. The summed E-state index contributed by atoms with van der Waals surface area (Å²) in [4.78, 5) is 34.8. The van der Waals surface area contributed by atoms with Gasteiger partial charge in [-0.15, -0.1) is 0 Å². The molecule has 6 heteroatoms. The summed E-state index contributed by atoms with van der Waals surface area (Å²) in [6, 6.07) is 14.5. The van der Waals surface area contributed by atoms with Crippen molar-refractivity contribution in [3.63, 3.8) is 0 Å². The summed E-state index contributed by atoms with van der Waals surface area (Å²) >= 11 is 0. The Morgan fingerprint density at radius 3 is 2.70 bits per heavy atom. The molecule has 140 valence electrons. The van der Waals surface area contributed by atoms with Crippen LogP contribution in [0.3, 0.4) is 0 Å². The normalized spacial score (nSPS) is 15.3. The maximum Gasteiger partial charge on any atom is 0.344 e. The largest absolute Gasteiger partial charge is 0.481 e.